The summed E-state index contributed by atoms with van der Waals surface area (Å²) in [5.41, 5.74) is -0.434. The largest absolute Gasteiger partial charge is 0.444 e. The molecular formula is C13H26N2O3. The quantitative estimate of drug-likeness (QED) is 0.767. The van der Waals surface area contributed by atoms with Crippen LogP contribution in [0.1, 0.15) is 27.2 Å². The van der Waals surface area contributed by atoms with Crippen LogP contribution in [0, 0.1) is 0 Å². The molecule has 18 heavy (non-hydrogen) atoms. The van der Waals surface area contributed by atoms with Crippen LogP contribution in [0.5, 0.6) is 0 Å². The molecule has 0 saturated carbocycles. The van der Waals surface area contributed by atoms with Crippen LogP contribution in [0.2, 0.25) is 0 Å². The molecule has 1 atom stereocenters. The molecule has 0 N–H and O–H groups in total. The highest BCUT2D eigenvalue weighted by Crippen LogP contribution is 2.11. The molecular weight excluding hydrogens is 232 g/mol. The van der Waals surface area contributed by atoms with Gasteiger partial charge in [-0.3, -0.25) is 4.90 Å². The van der Waals surface area contributed by atoms with E-state index in [2.05, 4.69) is 11.9 Å². The molecule has 0 radical (unpaired) electrons. The maximum absolute atomic E-state index is 11.8. The van der Waals surface area contributed by atoms with E-state index in [4.69, 9.17) is 9.47 Å². The predicted molar refractivity (Wildman–Crippen MR) is 70.7 cm³/mol. The molecule has 5 heteroatoms. The summed E-state index contributed by atoms with van der Waals surface area (Å²) in [6.45, 7) is 8.78. The van der Waals surface area contributed by atoms with Gasteiger partial charge in [0.2, 0.25) is 0 Å². The van der Waals surface area contributed by atoms with Crippen LogP contribution in [0.15, 0.2) is 0 Å². The Morgan fingerprint density at radius 1 is 1.33 bits per heavy atom. The van der Waals surface area contributed by atoms with Crippen molar-refractivity contribution in [1.82, 2.24) is 9.80 Å². The lowest BCUT2D eigenvalue weighted by Gasteiger charge is -2.28. The molecule has 1 fully saturated rings. The zero-order valence-corrected chi connectivity index (χ0v) is 12.2. The summed E-state index contributed by atoms with van der Waals surface area (Å²) in [6.07, 6.45) is 0.811. The maximum Gasteiger partial charge on any atom is 0.410 e. The molecule has 0 aromatic heterocycles. The Morgan fingerprint density at radius 3 is 2.50 bits per heavy atom. The second kappa shape index (κ2) is 6.38. The molecule has 1 aliphatic heterocycles. The summed E-state index contributed by atoms with van der Waals surface area (Å²) < 4.78 is 10.7. The highest BCUT2D eigenvalue weighted by Gasteiger charge is 2.22. The Kier molecular flexibility index (Phi) is 5.41. The first-order valence-corrected chi connectivity index (χ1v) is 6.51. The van der Waals surface area contributed by atoms with Crippen molar-refractivity contribution in [3.63, 3.8) is 0 Å². The average Bonchev–Trinajstić information content (AvgIpc) is 2.76. The van der Waals surface area contributed by atoms with Crippen LogP contribution in [0.3, 0.4) is 0 Å². The van der Waals surface area contributed by atoms with Crippen molar-refractivity contribution in [3.8, 4) is 0 Å². The number of carbonyl (C=O) groups is 1. The van der Waals surface area contributed by atoms with E-state index in [9.17, 15) is 4.79 Å². The molecule has 1 aliphatic rings. The lowest BCUT2D eigenvalue weighted by atomic mass is 10.2. The molecule has 0 aromatic carbocycles. The number of ether oxygens (including phenoxy) is 2. The third kappa shape index (κ3) is 5.23. The van der Waals surface area contributed by atoms with Gasteiger partial charge in [0.1, 0.15) is 5.60 Å². The third-order valence-corrected chi connectivity index (χ3v) is 3.02. The zero-order valence-electron chi connectivity index (χ0n) is 12.2. The fraction of sp³-hybridized carbons (Fsp3) is 0.923. The fourth-order valence-corrected chi connectivity index (χ4v) is 1.79. The third-order valence-electron chi connectivity index (χ3n) is 3.02. The first-order valence-electron chi connectivity index (χ1n) is 6.51. The number of amides is 1. The SMILES string of the molecule is CN(CCN(C)[C@H]1CCOC1)C(=O)OC(C)(C)C. The van der Waals surface area contributed by atoms with Gasteiger partial charge in [-0.1, -0.05) is 0 Å². The Bertz CT molecular complexity index is 270. The van der Waals surface area contributed by atoms with Crippen molar-refractivity contribution in [1.29, 1.82) is 0 Å². The molecule has 1 saturated heterocycles. The van der Waals surface area contributed by atoms with Gasteiger partial charge in [-0.25, -0.2) is 4.79 Å². The van der Waals surface area contributed by atoms with Crippen LogP contribution in [-0.4, -0.2) is 67.9 Å². The van der Waals surface area contributed by atoms with E-state index < -0.39 is 5.60 Å². The Balaban J connectivity index is 2.27. The van der Waals surface area contributed by atoms with E-state index in [0.29, 0.717) is 12.6 Å². The minimum atomic E-state index is -0.434. The summed E-state index contributed by atoms with van der Waals surface area (Å²) in [6, 6.07) is 0.483. The second-order valence-corrected chi connectivity index (χ2v) is 5.90. The Hall–Kier alpha value is -0.810. The van der Waals surface area contributed by atoms with Gasteiger partial charge in [0.15, 0.2) is 0 Å². The first-order chi connectivity index (χ1) is 8.29. The minimum absolute atomic E-state index is 0.265. The maximum atomic E-state index is 11.8. The van der Waals surface area contributed by atoms with Crippen molar-refractivity contribution in [2.75, 3.05) is 40.4 Å². The van der Waals surface area contributed by atoms with E-state index in [1.807, 2.05) is 20.8 Å². The number of carbonyl (C=O) groups excluding carboxylic acids is 1. The Morgan fingerprint density at radius 2 is 2.00 bits per heavy atom. The first kappa shape index (κ1) is 15.2. The van der Waals surface area contributed by atoms with E-state index in [-0.39, 0.29) is 6.09 Å². The van der Waals surface area contributed by atoms with E-state index in [1.54, 1.807) is 11.9 Å². The van der Waals surface area contributed by atoms with Crippen LogP contribution >= 0.6 is 0 Å². The van der Waals surface area contributed by atoms with Gasteiger partial charge in [0.05, 0.1) is 6.61 Å². The molecule has 0 spiro atoms. The van der Waals surface area contributed by atoms with Crippen molar-refractivity contribution >= 4 is 6.09 Å². The van der Waals surface area contributed by atoms with Crippen LogP contribution in [-0.2, 0) is 9.47 Å². The average molecular weight is 258 g/mol. The summed E-state index contributed by atoms with van der Waals surface area (Å²) in [7, 11) is 3.84. The summed E-state index contributed by atoms with van der Waals surface area (Å²) >= 11 is 0. The number of rotatable bonds is 4. The van der Waals surface area contributed by atoms with Crippen molar-refractivity contribution < 1.29 is 14.3 Å². The zero-order chi connectivity index (χ0) is 13.8. The van der Waals surface area contributed by atoms with Crippen LogP contribution < -0.4 is 0 Å². The molecule has 0 aliphatic carbocycles. The van der Waals surface area contributed by atoms with E-state index in [1.165, 1.54) is 0 Å². The summed E-state index contributed by atoms with van der Waals surface area (Å²) in [4.78, 5) is 15.6. The van der Waals surface area contributed by atoms with Crippen molar-refractivity contribution in [3.05, 3.63) is 0 Å². The lowest BCUT2D eigenvalue weighted by molar-refractivity contribution is 0.0279. The van der Waals surface area contributed by atoms with Gasteiger partial charge >= 0.3 is 6.09 Å². The Labute approximate surface area is 110 Å². The molecule has 0 unspecified atom stereocenters. The minimum Gasteiger partial charge on any atom is -0.444 e. The van der Waals surface area contributed by atoms with E-state index >= 15 is 0 Å². The van der Waals surface area contributed by atoms with Gasteiger partial charge in [0, 0.05) is 32.8 Å². The highest BCUT2D eigenvalue weighted by molar-refractivity contribution is 5.67. The van der Waals surface area contributed by atoms with Crippen molar-refractivity contribution in [2.24, 2.45) is 0 Å². The van der Waals surface area contributed by atoms with Crippen LogP contribution in [0.4, 0.5) is 4.79 Å². The molecule has 1 amide bonds. The second-order valence-electron chi connectivity index (χ2n) is 5.90. The topological polar surface area (TPSA) is 42.0 Å². The number of hydrogen-bond donors (Lipinski definition) is 0. The molecule has 0 bridgehead atoms. The monoisotopic (exact) mass is 258 g/mol. The normalized spacial score (nSPS) is 20.2. The number of nitrogens with zero attached hydrogens (tertiary/aromatic N) is 2. The number of hydrogen-bond acceptors (Lipinski definition) is 4. The predicted octanol–water partition coefficient (Wildman–Crippen LogP) is 1.57. The number of likely N-dealkylation sites (N-methyl/N-ethyl adjacent to an activating group) is 2. The van der Waals surface area contributed by atoms with Gasteiger partial charge in [-0.2, -0.15) is 0 Å². The fourth-order valence-electron chi connectivity index (χ4n) is 1.79. The molecule has 5 nitrogen and oxygen atoms in total. The van der Waals surface area contributed by atoms with Gasteiger partial charge in [-0.15, -0.1) is 0 Å². The summed E-state index contributed by atoms with van der Waals surface area (Å²) in [5.74, 6) is 0. The lowest BCUT2D eigenvalue weighted by Crippen LogP contribution is -2.41. The van der Waals surface area contributed by atoms with Gasteiger partial charge < -0.3 is 14.4 Å². The molecule has 1 rings (SSSR count). The van der Waals surface area contributed by atoms with Crippen LogP contribution in [0.25, 0.3) is 0 Å². The molecule has 106 valence electrons. The smallest absolute Gasteiger partial charge is 0.410 e. The van der Waals surface area contributed by atoms with E-state index in [0.717, 1.165) is 26.2 Å². The standard InChI is InChI=1S/C13H26N2O3/c1-13(2,3)18-12(16)15(5)8-7-14(4)11-6-9-17-10-11/h11H,6-10H2,1-5H3/t11-/m0/s1. The highest BCUT2D eigenvalue weighted by atomic mass is 16.6. The van der Waals surface area contributed by atoms with Crippen molar-refractivity contribution in [2.45, 2.75) is 38.8 Å². The molecule has 0 aromatic rings. The van der Waals surface area contributed by atoms with Gasteiger partial charge in [-0.05, 0) is 34.2 Å². The molecule has 1 heterocycles. The summed E-state index contributed by atoms with van der Waals surface area (Å²) in [5, 5.41) is 0. The van der Waals surface area contributed by atoms with Gasteiger partial charge in [0.25, 0.3) is 0 Å².